The van der Waals surface area contributed by atoms with Crippen molar-refractivity contribution < 1.29 is 9.47 Å². The molecule has 0 radical (unpaired) electrons. The quantitative estimate of drug-likeness (QED) is 0.801. The minimum absolute atomic E-state index is 0.109. The van der Waals surface area contributed by atoms with Gasteiger partial charge in [0.1, 0.15) is 11.6 Å². The number of methoxy groups -OCH3 is 2. The van der Waals surface area contributed by atoms with Crippen molar-refractivity contribution in [2.24, 2.45) is 7.05 Å². The molecule has 1 aromatic heterocycles. The molecule has 0 amide bonds. The maximum absolute atomic E-state index is 11.8. The summed E-state index contributed by atoms with van der Waals surface area (Å²) in [7, 11) is 4.69. The van der Waals surface area contributed by atoms with E-state index in [0.29, 0.717) is 17.0 Å². The molecule has 0 saturated carbocycles. The molecule has 0 saturated heterocycles. The summed E-state index contributed by atoms with van der Waals surface area (Å²) in [6.45, 7) is 0. The number of hydrogen-bond acceptors (Lipinski definition) is 4. The number of hydrogen-bond donors (Lipinski definition) is 0. The zero-order valence-corrected chi connectivity index (χ0v) is 10.4. The Morgan fingerprint density at radius 1 is 1.17 bits per heavy atom. The van der Waals surface area contributed by atoms with Crippen LogP contribution in [0.25, 0.3) is 10.9 Å². The molecule has 0 aliphatic rings. The van der Waals surface area contributed by atoms with Crippen LogP contribution in [0, 0.1) is 11.3 Å². The molecule has 5 heteroatoms. The van der Waals surface area contributed by atoms with E-state index >= 15 is 0 Å². The second kappa shape index (κ2) is 4.41. The van der Waals surface area contributed by atoms with Crippen molar-refractivity contribution in [3.05, 3.63) is 34.1 Å². The highest BCUT2D eigenvalue weighted by Crippen LogP contribution is 2.31. The molecular weight excluding hydrogens is 232 g/mol. The first-order valence-electron chi connectivity index (χ1n) is 5.28. The van der Waals surface area contributed by atoms with Crippen molar-refractivity contribution in [1.29, 1.82) is 5.26 Å². The van der Waals surface area contributed by atoms with E-state index in [2.05, 4.69) is 0 Å². The second-order valence-electron chi connectivity index (χ2n) is 3.80. The third kappa shape index (κ3) is 1.68. The molecule has 1 aromatic carbocycles. The molecule has 0 aliphatic heterocycles. The molecule has 2 rings (SSSR count). The molecule has 0 aliphatic carbocycles. The van der Waals surface area contributed by atoms with Gasteiger partial charge in [-0.25, -0.2) is 0 Å². The highest BCUT2D eigenvalue weighted by molar-refractivity contribution is 5.84. The summed E-state index contributed by atoms with van der Waals surface area (Å²) in [5.41, 5.74) is 0.478. The lowest BCUT2D eigenvalue weighted by Crippen LogP contribution is -2.19. The van der Waals surface area contributed by atoms with Crippen molar-refractivity contribution in [1.82, 2.24) is 4.57 Å². The summed E-state index contributed by atoms with van der Waals surface area (Å²) in [6.07, 6.45) is 0. The number of fused-ring (bicyclic) bond motifs is 1. The van der Waals surface area contributed by atoms with E-state index in [4.69, 9.17) is 14.7 Å². The van der Waals surface area contributed by atoms with E-state index in [1.807, 2.05) is 6.07 Å². The number of rotatable bonds is 2. The van der Waals surface area contributed by atoms with Gasteiger partial charge in [-0.05, 0) is 12.1 Å². The van der Waals surface area contributed by atoms with Crippen molar-refractivity contribution in [3.8, 4) is 17.6 Å². The van der Waals surface area contributed by atoms with Crippen LogP contribution >= 0.6 is 0 Å². The number of pyridine rings is 1. The van der Waals surface area contributed by atoms with Gasteiger partial charge in [-0.15, -0.1) is 0 Å². The fourth-order valence-electron chi connectivity index (χ4n) is 1.88. The summed E-state index contributed by atoms with van der Waals surface area (Å²) in [5.74, 6) is 1.11. The highest BCUT2D eigenvalue weighted by atomic mass is 16.5. The number of nitrogens with zero attached hydrogens (tertiary/aromatic N) is 2. The van der Waals surface area contributed by atoms with Crippen LogP contribution in [-0.2, 0) is 7.05 Å². The van der Waals surface area contributed by atoms with Crippen LogP contribution in [0.2, 0.25) is 0 Å². The topological polar surface area (TPSA) is 64.2 Å². The third-order valence-electron chi connectivity index (χ3n) is 2.85. The van der Waals surface area contributed by atoms with Gasteiger partial charge >= 0.3 is 0 Å². The molecule has 0 bridgehead atoms. The highest BCUT2D eigenvalue weighted by Gasteiger charge is 2.11. The van der Waals surface area contributed by atoms with Crippen molar-refractivity contribution in [3.63, 3.8) is 0 Å². The average molecular weight is 244 g/mol. The van der Waals surface area contributed by atoms with Gasteiger partial charge in [-0.2, -0.15) is 5.26 Å². The van der Waals surface area contributed by atoms with E-state index in [-0.39, 0.29) is 11.1 Å². The van der Waals surface area contributed by atoms with E-state index in [1.165, 1.54) is 18.8 Å². The Balaban J connectivity index is 2.90. The van der Waals surface area contributed by atoms with Gasteiger partial charge in [0.05, 0.1) is 19.7 Å². The Labute approximate surface area is 104 Å². The van der Waals surface area contributed by atoms with Crippen LogP contribution in [0.15, 0.2) is 23.0 Å². The molecule has 5 nitrogen and oxygen atoms in total. The number of benzene rings is 1. The minimum atomic E-state index is -0.322. The van der Waals surface area contributed by atoms with Crippen LogP contribution in [0.4, 0.5) is 0 Å². The summed E-state index contributed by atoms with van der Waals surface area (Å²) < 4.78 is 11.8. The van der Waals surface area contributed by atoms with Crippen molar-refractivity contribution in [2.45, 2.75) is 0 Å². The Morgan fingerprint density at radius 2 is 1.78 bits per heavy atom. The smallest absolute Gasteiger partial charge is 0.268 e. The lowest BCUT2D eigenvalue weighted by molar-refractivity contribution is 0.355. The van der Waals surface area contributed by atoms with Gasteiger partial charge in [0.25, 0.3) is 5.56 Å². The van der Waals surface area contributed by atoms with E-state index < -0.39 is 0 Å². The molecule has 92 valence electrons. The number of ether oxygens (including phenoxy) is 2. The van der Waals surface area contributed by atoms with Crippen LogP contribution in [0.5, 0.6) is 11.5 Å². The van der Waals surface area contributed by atoms with Gasteiger partial charge in [0, 0.05) is 18.5 Å². The maximum atomic E-state index is 11.8. The van der Waals surface area contributed by atoms with E-state index in [0.717, 1.165) is 5.39 Å². The standard InChI is InChI=1S/C13H12N2O3/c1-15-10-6-12(18-3)11(17-2)5-8(10)4-9(7-14)13(15)16/h4-6H,1-3H3. The molecule has 1 heterocycles. The van der Waals surface area contributed by atoms with Crippen molar-refractivity contribution >= 4 is 10.9 Å². The van der Waals surface area contributed by atoms with Gasteiger partial charge in [0.2, 0.25) is 0 Å². The SMILES string of the molecule is COc1cc2cc(C#N)c(=O)n(C)c2cc1OC. The van der Waals surface area contributed by atoms with Gasteiger partial charge in [0.15, 0.2) is 11.5 Å². The first kappa shape index (κ1) is 12.0. The first-order valence-corrected chi connectivity index (χ1v) is 5.28. The first-order chi connectivity index (χ1) is 8.62. The van der Waals surface area contributed by atoms with E-state index in [1.54, 1.807) is 25.2 Å². The van der Waals surface area contributed by atoms with Crippen LogP contribution in [0.3, 0.4) is 0 Å². The monoisotopic (exact) mass is 244 g/mol. The molecule has 2 aromatic rings. The Bertz CT molecular complexity index is 711. The van der Waals surface area contributed by atoms with Gasteiger partial charge in [-0.3, -0.25) is 4.79 Å². The zero-order chi connectivity index (χ0) is 13.3. The molecule has 0 fully saturated rings. The van der Waals surface area contributed by atoms with Gasteiger partial charge in [-0.1, -0.05) is 0 Å². The predicted octanol–water partition coefficient (Wildman–Crippen LogP) is 1.43. The molecule has 18 heavy (non-hydrogen) atoms. The largest absolute Gasteiger partial charge is 0.493 e. The van der Waals surface area contributed by atoms with Gasteiger partial charge < -0.3 is 14.0 Å². The van der Waals surface area contributed by atoms with Crippen LogP contribution < -0.4 is 15.0 Å². The number of nitriles is 1. The number of aromatic nitrogens is 1. The lowest BCUT2D eigenvalue weighted by Gasteiger charge is -2.11. The normalized spacial score (nSPS) is 10.1. The number of aryl methyl sites for hydroxylation is 1. The van der Waals surface area contributed by atoms with Crippen molar-refractivity contribution in [2.75, 3.05) is 14.2 Å². The predicted molar refractivity (Wildman–Crippen MR) is 67.0 cm³/mol. The molecule has 0 unspecified atom stereocenters. The summed E-state index contributed by atoms with van der Waals surface area (Å²) in [4.78, 5) is 11.8. The zero-order valence-electron chi connectivity index (χ0n) is 10.4. The Kier molecular flexibility index (Phi) is 2.94. The fourth-order valence-corrected chi connectivity index (χ4v) is 1.88. The summed E-state index contributed by atoms with van der Waals surface area (Å²) >= 11 is 0. The fraction of sp³-hybridized carbons (Fsp3) is 0.231. The Morgan fingerprint density at radius 3 is 2.33 bits per heavy atom. The minimum Gasteiger partial charge on any atom is -0.493 e. The van der Waals surface area contributed by atoms with E-state index in [9.17, 15) is 4.79 Å². The van der Waals surface area contributed by atoms with Crippen LogP contribution in [0.1, 0.15) is 5.56 Å². The lowest BCUT2D eigenvalue weighted by atomic mass is 10.1. The molecule has 0 spiro atoms. The average Bonchev–Trinajstić information content (AvgIpc) is 2.41. The second-order valence-corrected chi connectivity index (χ2v) is 3.80. The summed E-state index contributed by atoms with van der Waals surface area (Å²) in [6, 6.07) is 6.91. The third-order valence-corrected chi connectivity index (χ3v) is 2.85. The molecule has 0 N–H and O–H groups in total. The maximum Gasteiger partial charge on any atom is 0.268 e. The summed E-state index contributed by atoms with van der Waals surface area (Å²) in [5, 5.41) is 9.67. The molecular formula is C13H12N2O3. The Hall–Kier alpha value is -2.48. The van der Waals surface area contributed by atoms with Crippen LogP contribution in [-0.4, -0.2) is 18.8 Å². The molecule has 0 atom stereocenters.